The molecule has 106 valence electrons. The zero-order valence-electron chi connectivity index (χ0n) is 11.6. The molecule has 19 heavy (non-hydrogen) atoms. The summed E-state index contributed by atoms with van der Waals surface area (Å²) < 4.78 is 1.65. The number of amides is 1. The van der Waals surface area contributed by atoms with Gasteiger partial charge in [0.15, 0.2) is 0 Å². The SMILES string of the molecule is CCn1nc(C)c(N)c1C(=O)N1CCCCC1CO. The maximum Gasteiger partial charge on any atom is 0.274 e. The summed E-state index contributed by atoms with van der Waals surface area (Å²) in [5, 5.41) is 13.7. The van der Waals surface area contributed by atoms with Crippen LogP contribution >= 0.6 is 0 Å². The van der Waals surface area contributed by atoms with E-state index in [1.807, 2.05) is 6.92 Å². The molecule has 0 aliphatic carbocycles. The number of hydrogen-bond donors (Lipinski definition) is 2. The minimum atomic E-state index is -0.112. The molecule has 1 aliphatic heterocycles. The molecule has 1 saturated heterocycles. The number of nitrogen functional groups attached to an aromatic ring is 1. The molecule has 0 spiro atoms. The lowest BCUT2D eigenvalue weighted by molar-refractivity contribution is 0.0492. The van der Waals surface area contributed by atoms with Gasteiger partial charge in [0.2, 0.25) is 0 Å². The summed E-state index contributed by atoms with van der Waals surface area (Å²) >= 11 is 0. The standard InChI is InChI=1S/C13H22N4O2/c1-3-17-12(11(14)9(2)15-17)13(19)16-7-5-4-6-10(16)8-18/h10,18H,3-8,14H2,1-2H3. The number of carbonyl (C=O) groups excluding carboxylic acids is 1. The fourth-order valence-electron chi connectivity index (χ4n) is 2.64. The van der Waals surface area contributed by atoms with Crippen molar-refractivity contribution >= 4 is 11.6 Å². The van der Waals surface area contributed by atoms with Crippen molar-refractivity contribution in [2.45, 2.75) is 45.7 Å². The van der Waals surface area contributed by atoms with Gasteiger partial charge in [0.1, 0.15) is 5.69 Å². The third-order valence-corrected chi connectivity index (χ3v) is 3.77. The maximum atomic E-state index is 12.7. The number of anilines is 1. The molecule has 0 bridgehead atoms. The van der Waals surface area contributed by atoms with Gasteiger partial charge in [0.25, 0.3) is 5.91 Å². The van der Waals surface area contributed by atoms with Crippen LogP contribution in [0.25, 0.3) is 0 Å². The number of piperidine rings is 1. The number of aliphatic hydroxyl groups excluding tert-OH is 1. The Morgan fingerprint density at radius 3 is 2.89 bits per heavy atom. The van der Waals surface area contributed by atoms with Gasteiger partial charge in [-0.05, 0) is 33.1 Å². The molecule has 1 unspecified atom stereocenters. The summed E-state index contributed by atoms with van der Waals surface area (Å²) in [4.78, 5) is 14.4. The van der Waals surface area contributed by atoms with E-state index in [0.717, 1.165) is 19.3 Å². The number of nitrogens with zero attached hydrogens (tertiary/aromatic N) is 3. The van der Waals surface area contributed by atoms with Crippen LogP contribution in [0.15, 0.2) is 0 Å². The van der Waals surface area contributed by atoms with Gasteiger partial charge in [0, 0.05) is 13.1 Å². The van der Waals surface area contributed by atoms with Gasteiger partial charge < -0.3 is 15.7 Å². The van der Waals surface area contributed by atoms with E-state index in [1.54, 1.807) is 16.5 Å². The summed E-state index contributed by atoms with van der Waals surface area (Å²) in [6.45, 7) is 5.03. The third-order valence-electron chi connectivity index (χ3n) is 3.77. The van der Waals surface area contributed by atoms with Crippen LogP contribution in [0.2, 0.25) is 0 Å². The number of aliphatic hydroxyl groups is 1. The van der Waals surface area contributed by atoms with Gasteiger partial charge in [-0.15, -0.1) is 0 Å². The Hall–Kier alpha value is -1.56. The minimum absolute atomic E-state index is 0.00485. The Kier molecular flexibility index (Phi) is 4.09. The molecule has 2 rings (SSSR count). The van der Waals surface area contributed by atoms with Gasteiger partial charge in [-0.1, -0.05) is 0 Å². The van der Waals surface area contributed by atoms with Crippen molar-refractivity contribution in [3.8, 4) is 0 Å². The van der Waals surface area contributed by atoms with Crippen LogP contribution in [0.5, 0.6) is 0 Å². The Balaban J connectivity index is 2.32. The lowest BCUT2D eigenvalue weighted by Gasteiger charge is -2.34. The van der Waals surface area contributed by atoms with E-state index in [1.165, 1.54) is 0 Å². The molecular weight excluding hydrogens is 244 g/mol. The zero-order chi connectivity index (χ0) is 14.0. The number of rotatable bonds is 3. The van der Waals surface area contributed by atoms with E-state index in [2.05, 4.69) is 5.10 Å². The molecule has 0 saturated carbocycles. The second-order valence-electron chi connectivity index (χ2n) is 4.99. The van der Waals surface area contributed by atoms with Crippen molar-refractivity contribution in [3.05, 3.63) is 11.4 Å². The molecule has 0 radical (unpaired) electrons. The third kappa shape index (κ3) is 2.45. The maximum absolute atomic E-state index is 12.7. The number of aromatic nitrogens is 2. The number of aryl methyl sites for hydroxylation is 2. The molecule has 1 amide bonds. The van der Waals surface area contributed by atoms with E-state index in [4.69, 9.17) is 5.73 Å². The van der Waals surface area contributed by atoms with Gasteiger partial charge in [-0.25, -0.2) is 0 Å². The average Bonchev–Trinajstić information content (AvgIpc) is 2.73. The summed E-state index contributed by atoms with van der Waals surface area (Å²) in [5.74, 6) is -0.112. The van der Waals surface area contributed by atoms with E-state index < -0.39 is 0 Å². The van der Waals surface area contributed by atoms with Crippen LogP contribution < -0.4 is 5.73 Å². The highest BCUT2D eigenvalue weighted by Gasteiger charge is 2.30. The topological polar surface area (TPSA) is 84.4 Å². The molecule has 1 fully saturated rings. The van der Waals surface area contributed by atoms with E-state index in [-0.39, 0.29) is 18.6 Å². The molecule has 6 heteroatoms. The Morgan fingerprint density at radius 1 is 1.53 bits per heavy atom. The molecule has 1 aliphatic rings. The second-order valence-corrected chi connectivity index (χ2v) is 4.99. The molecule has 0 aromatic carbocycles. The average molecular weight is 266 g/mol. The minimum Gasteiger partial charge on any atom is -0.395 e. The fraction of sp³-hybridized carbons (Fsp3) is 0.692. The van der Waals surface area contributed by atoms with E-state index >= 15 is 0 Å². The number of hydrogen-bond acceptors (Lipinski definition) is 4. The van der Waals surface area contributed by atoms with Crippen molar-refractivity contribution < 1.29 is 9.90 Å². The molecule has 6 nitrogen and oxygen atoms in total. The highest BCUT2D eigenvalue weighted by atomic mass is 16.3. The molecule has 1 aromatic rings. The lowest BCUT2D eigenvalue weighted by atomic mass is 10.0. The molecular formula is C13H22N4O2. The predicted molar refractivity (Wildman–Crippen MR) is 72.8 cm³/mol. The number of likely N-dealkylation sites (tertiary alicyclic amines) is 1. The summed E-state index contributed by atoms with van der Waals surface area (Å²) in [6.07, 6.45) is 2.87. The first-order valence-electron chi connectivity index (χ1n) is 6.84. The quantitative estimate of drug-likeness (QED) is 0.846. The predicted octanol–water partition coefficient (Wildman–Crippen LogP) is 0.781. The van der Waals surface area contributed by atoms with Crippen LogP contribution in [0.4, 0.5) is 5.69 Å². The highest BCUT2D eigenvalue weighted by molar-refractivity contribution is 5.98. The second kappa shape index (κ2) is 5.61. The lowest BCUT2D eigenvalue weighted by Crippen LogP contribution is -2.46. The van der Waals surface area contributed by atoms with Crippen LogP contribution in [0.1, 0.15) is 42.4 Å². The summed E-state index contributed by atoms with van der Waals surface area (Å²) in [5.41, 5.74) is 7.57. The Labute approximate surface area is 113 Å². The first-order chi connectivity index (χ1) is 9.10. The Bertz CT molecular complexity index is 469. The van der Waals surface area contributed by atoms with Gasteiger partial charge in [-0.3, -0.25) is 9.48 Å². The molecule has 2 heterocycles. The number of nitrogens with two attached hydrogens (primary N) is 1. The van der Waals surface area contributed by atoms with Crippen LogP contribution in [0, 0.1) is 6.92 Å². The van der Waals surface area contributed by atoms with Gasteiger partial charge in [0.05, 0.1) is 24.0 Å². The largest absolute Gasteiger partial charge is 0.395 e. The van der Waals surface area contributed by atoms with E-state index in [9.17, 15) is 9.90 Å². The van der Waals surface area contributed by atoms with Crippen LogP contribution in [-0.4, -0.2) is 44.9 Å². The van der Waals surface area contributed by atoms with Gasteiger partial charge >= 0.3 is 0 Å². The van der Waals surface area contributed by atoms with Crippen molar-refractivity contribution in [2.24, 2.45) is 0 Å². The molecule has 1 atom stereocenters. The normalized spacial score (nSPS) is 19.7. The van der Waals surface area contributed by atoms with Crippen molar-refractivity contribution in [3.63, 3.8) is 0 Å². The van der Waals surface area contributed by atoms with Crippen LogP contribution in [0.3, 0.4) is 0 Å². The highest BCUT2D eigenvalue weighted by Crippen LogP contribution is 2.23. The Morgan fingerprint density at radius 2 is 2.26 bits per heavy atom. The van der Waals surface area contributed by atoms with E-state index in [0.29, 0.717) is 30.2 Å². The van der Waals surface area contributed by atoms with Crippen molar-refractivity contribution in [1.29, 1.82) is 0 Å². The van der Waals surface area contributed by atoms with Crippen LogP contribution in [-0.2, 0) is 6.54 Å². The van der Waals surface area contributed by atoms with Gasteiger partial charge in [-0.2, -0.15) is 5.10 Å². The monoisotopic (exact) mass is 266 g/mol. The molecule has 3 N–H and O–H groups in total. The van der Waals surface area contributed by atoms with Crippen molar-refractivity contribution in [1.82, 2.24) is 14.7 Å². The smallest absolute Gasteiger partial charge is 0.274 e. The zero-order valence-corrected chi connectivity index (χ0v) is 11.6. The summed E-state index contributed by atoms with van der Waals surface area (Å²) in [6, 6.07) is -0.0961. The first kappa shape index (κ1) is 13.9. The molecule has 1 aromatic heterocycles. The van der Waals surface area contributed by atoms with Crippen molar-refractivity contribution in [2.75, 3.05) is 18.9 Å². The number of carbonyl (C=O) groups is 1. The first-order valence-corrected chi connectivity index (χ1v) is 6.84. The summed E-state index contributed by atoms with van der Waals surface area (Å²) in [7, 11) is 0. The fourth-order valence-corrected chi connectivity index (χ4v) is 2.64.